The molecule has 0 aromatic carbocycles. The third-order valence-corrected chi connectivity index (χ3v) is 5.60. The Bertz CT molecular complexity index is 543. The van der Waals surface area contributed by atoms with E-state index in [9.17, 15) is 0 Å². The quantitative estimate of drug-likeness (QED) is 0.846. The van der Waals surface area contributed by atoms with E-state index in [1.54, 1.807) is 11.3 Å². The molecule has 3 nitrogen and oxygen atoms in total. The monoisotopic (exact) mass is 307 g/mol. The molecular formula is C15H21N3S2. The fraction of sp³-hybridized carbons (Fsp3) is 0.533. The van der Waals surface area contributed by atoms with Gasteiger partial charge in [0, 0.05) is 22.3 Å². The van der Waals surface area contributed by atoms with Gasteiger partial charge in [-0.25, -0.2) is 4.98 Å². The minimum absolute atomic E-state index is 0.616. The number of hydrogen-bond acceptors (Lipinski definition) is 5. The van der Waals surface area contributed by atoms with Crippen LogP contribution in [-0.4, -0.2) is 11.0 Å². The number of nitrogens with zero attached hydrogens (tertiary/aromatic N) is 2. The molecule has 0 saturated heterocycles. The van der Waals surface area contributed by atoms with E-state index < -0.39 is 0 Å². The average Bonchev–Trinajstić information content (AvgIpc) is 3.00. The molecule has 0 radical (unpaired) electrons. The zero-order chi connectivity index (χ0) is 13.9. The van der Waals surface area contributed by atoms with Crippen LogP contribution in [0.15, 0.2) is 17.5 Å². The Balaban J connectivity index is 1.83. The highest BCUT2D eigenvalue weighted by Gasteiger charge is 2.31. The van der Waals surface area contributed by atoms with E-state index in [1.807, 2.05) is 11.3 Å². The van der Waals surface area contributed by atoms with Crippen molar-refractivity contribution >= 4 is 27.8 Å². The molecule has 0 unspecified atom stereocenters. The number of thiophene rings is 1. The van der Waals surface area contributed by atoms with Gasteiger partial charge in [0.15, 0.2) is 5.13 Å². The second-order valence-corrected chi connectivity index (χ2v) is 7.35. The Morgan fingerprint density at radius 2 is 2.30 bits per heavy atom. The van der Waals surface area contributed by atoms with E-state index in [0.717, 1.165) is 19.4 Å². The number of thiazole rings is 1. The van der Waals surface area contributed by atoms with Gasteiger partial charge in [0.2, 0.25) is 0 Å². The molecule has 2 N–H and O–H groups in total. The standard InChI is InChI=1S/C15H21N3S2/c1-2-4-13-14(9-16)20-15(17-13)18(11-6-7-11)10-12-5-3-8-19-12/h3,5,8,11H,2,4,6-7,9-10,16H2,1H3. The maximum atomic E-state index is 5.88. The first-order valence-corrected chi connectivity index (χ1v) is 8.99. The predicted molar refractivity (Wildman–Crippen MR) is 87.5 cm³/mol. The van der Waals surface area contributed by atoms with Gasteiger partial charge in [-0.3, -0.25) is 0 Å². The first-order chi connectivity index (χ1) is 9.81. The predicted octanol–water partition coefficient (Wildman–Crippen LogP) is 3.78. The first-order valence-electron chi connectivity index (χ1n) is 7.29. The molecule has 1 fully saturated rings. The van der Waals surface area contributed by atoms with E-state index in [-0.39, 0.29) is 0 Å². The van der Waals surface area contributed by atoms with Gasteiger partial charge in [-0.05, 0) is 30.7 Å². The van der Waals surface area contributed by atoms with Gasteiger partial charge in [-0.1, -0.05) is 19.4 Å². The molecule has 0 spiro atoms. The fourth-order valence-electron chi connectivity index (χ4n) is 2.39. The number of rotatable bonds is 7. The van der Waals surface area contributed by atoms with Crippen molar-refractivity contribution in [3.05, 3.63) is 33.0 Å². The lowest BCUT2D eigenvalue weighted by Crippen LogP contribution is -2.24. The molecule has 0 aliphatic heterocycles. The maximum Gasteiger partial charge on any atom is 0.186 e. The van der Waals surface area contributed by atoms with Crippen LogP contribution in [0.1, 0.15) is 41.6 Å². The highest BCUT2D eigenvalue weighted by atomic mass is 32.1. The molecule has 1 aliphatic rings. The number of aromatic nitrogens is 1. The summed E-state index contributed by atoms with van der Waals surface area (Å²) in [6, 6.07) is 5.02. The van der Waals surface area contributed by atoms with Crippen LogP contribution in [-0.2, 0) is 19.5 Å². The van der Waals surface area contributed by atoms with Gasteiger partial charge in [-0.2, -0.15) is 0 Å². The van der Waals surface area contributed by atoms with Crippen LogP contribution >= 0.6 is 22.7 Å². The number of anilines is 1. The van der Waals surface area contributed by atoms with Crippen molar-refractivity contribution in [1.82, 2.24) is 4.98 Å². The highest BCUT2D eigenvalue weighted by Crippen LogP contribution is 2.37. The molecule has 0 bridgehead atoms. The van der Waals surface area contributed by atoms with E-state index >= 15 is 0 Å². The van der Waals surface area contributed by atoms with Crippen molar-refractivity contribution in [2.24, 2.45) is 5.73 Å². The maximum absolute atomic E-state index is 5.88. The van der Waals surface area contributed by atoms with E-state index in [2.05, 4.69) is 29.3 Å². The molecule has 1 saturated carbocycles. The molecule has 2 heterocycles. The molecule has 20 heavy (non-hydrogen) atoms. The fourth-order valence-corrected chi connectivity index (χ4v) is 4.15. The lowest BCUT2D eigenvalue weighted by molar-refractivity contribution is 0.789. The third-order valence-electron chi connectivity index (χ3n) is 3.58. The van der Waals surface area contributed by atoms with Gasteiger partial charge < -0.3 is 10.6 Å². The Morgan fingerprint density at radius 3 is 2.90 bits per heavy atom. The summed E-state index contributed by atoms with van der Waals surface area (Å²) in [7, 11) is 0. The van der Waals surface area contributed by atoms with E-state index in [4.69, 9.17) is 10.7 Å². The van der Waals surface area contributed by atoms with Gasteiger partial charge in [0.05, 0.1) is 12.2 Å². The summed E-state index contributed by atoms with van der Waals surface area (Å²) in [4.78, 5) is 10.0. The Hall–Kier alpha value is -0.910. The SMILES string of the molecule is CCCc1nc(N(Cc2cccs2)C2CC2)sc1CN. The van der Waals surface area contributed by atoms with E-state index in [0.29, 0.717) is 12.6 Å². The molecule has 2 aromatic heterocycles. The van der Waals surface area contributed by atoms with Crippen molar-refractivity contribution in [3.63, 3.8) is 0 Å². The largest absolute Gasteiger partial charge is 0.340 e. The Morgan fingerprint density at radius 1 is 1.45 bits per heavy atom. The molecule has 108 valence electrons. The molecule has 1 aliphatic carbocycles. The van der Waals surface area contributed by atoms with Crippen LogP contribution in [0.4, 0.5) is 5.13 Å². The van der Waals surface area contributed by atoms with Crippen LogP contribution in [0.5, 0.6) is 0 Å². The lowest BCUT2D eigenvalue weighted by atomic mass is 10.2. The van der Waals surface area contributed by atoms with Crippen molar-refractivity contribution in [1.29, 1.82) is 0 Å². The van der Waals surface area contributed by atoms with Crippen molar-refractivity contribution in [2.45, 2.75) is 51.7 Å². The topological polar surface area (TPSA) is 42.2 Å². The van der Waals surface area contributed by atoms with Crippen LogP contribution < -0.4 is 10.6 Å². The van der Waals surface area contributed by atoms with Crippen LogP contribution in [0.3, 0.4) is 0 Å². The van der Waals surface area contributed by atoms with Crippen molar-refractivity contribution < 1.29 is 0 Å². The van der Waals surface area contributed by atoms with Crippen molar-refractivity contribution in [3.8, 4) is 0 Å². The molecule has 0 atom stereocenters. The average molecular weight is 307 g/mol. The van der Waals surface area contributed by atoms with Gasteiger partial charge in [0.25, 0.3) is 0 Å². The van der Waals surface area contributed by atoms with Crippen molar-refractivity contribution in [2.75, 3.05) is 4.90 Å². The zero-order valence-corrected chi connectivity index (χ0v) is 13.5. The van der Waals surface area contributed by atoms with Gasteiger partial charge in [0.1, 0.15) is 0 Å². The zero-order valence-electron chi connectivity index (χ0n) is 11.8. The minimum atomic E-state index is 0.616. The summed E-state index contributed by atoms with van der Waals surface area (Å²) >= 11 is 3.62. The second-order valence-electron chi connectivity index (χ2n) is 5.26. The Kier molecular flexibility index (Phi) is 4.38. The summed E-state index contributed by atoms with van der Waals surface area (Å²) in [6.07, 6.45) is 4.77. The number of aryl methyl sites for hydroxylation is 1. The van der Waals surface area contributed by atoms with Crippen LogP contribution in [0.25, 0.3) is 0 Å². The molecule has 3 rings (SSSR count). The molecular weight excluding hydrogens is 286 g/mol. The normalized spacial score (nSPS) is 14.7. The summed E-state index contributed by atoms with van der Waals surface area (Å²) in [5.41, 5.74) is 7.09. The summed E-state index contributed by atoms with van der Waals surface area (Å²) < 4.78 is 0. The van der Waals surface area contributed by atoms with Gasteiger partial charge >= 0.3 is 0 Å². The van der Waals surface area contributed by atoms with Crippen LogP contribution in [0.2, 0.25) is 0 Å². The molecule has 0 amide bonds. The smallest absolute Gasteiger partial charge is 0.186 e. The number of hydrogen-bond donors (Lipinski definition) is 1. The minimum Gasteiger partial charge on any atom is -0.340 e. The summed E-state index contributed by atoms with van der Waals surface area (Å²) in [5, 5.41) is 3.32. The summed E-state index contributed by atoms with van der Waals surface area (Å²) in [5.74, 6) is 0. The lowest BCUT2D eigenvalue weighted by Gasteiger charge is -2.20. The molecule has 5 heteroatoms. The van der Waals surface area contributed by atoms with Crippen LogP contribution in [0, 0.1) is 0 Å². The Labute approximate surface area is 128 Å². The first kappa shape index (κ1) is 14.0. The molecule has 2 aromatic rings. The number of nitrogens with two attached hydrogens (primary N) is 1. The third kappa shape index (κ3) is 3.05. The van der Waals surface area contributed by atoms with Gasteiger partial charge in [-0.15, -0.1) is 22.7 Å². The summed E-state index contributed by atoms with van der Waals surface area (Å²) in [6.45, 7) is 3.81. The highest BCUT2D eigenvalue weighted by molar-refractivity contribution is 7.15. The second kappa shape index (κ2) is 6.24. The van der Waals surface area contributed by atoms with E-state index in [1.165, 1.54) is 33.4 Å².